The van der Waals surface area contributed by atoms with Gasteiger partial charge in [-0.15, -0.1) is 0 Å². The molecule has 0 bridgehead atoms. The first-order chi connectivity index (χ1) is 6.20. The van der Waals surface area contributed by atoms with E-state index in [0.717, 1.165) is 31.5 Å². The normalized spacial score (nSPS) is 12.5. The van der Waals surface area contributed by atoms with Crippen LogP contribution in [0.4, 0.5) is 0 Å². The first kappa shape index (κ1) is 12.5. The van der Waals surface area contributed by atoms with Crippen molar-refractivity contribution in [3.05, 3.63) is 12.3 Å². The number of rotatable bonds is 8. The summed E-state index contributed by atoms with van der Waals surface area (Å²) < 4.78 is 0. The van der Waals surface area contributed by atoms with E-state index in [0.29, 0.717) is 6.42 Å². The van der Waals surface area contributed by atoms with Gasteiger partial charge >= 0.3 is 0 Å². The van der Waals surface area contributed by atoms with Gasteiger partial charge in [-0.3, -0.25) is 0 Å². The lowest BCUT2D eigenvalue weighted by atomic mass is 10.1. The van der Waals surface area contributed by atoms with Crippen LogP contribution in [0.25, 0.3) is 0 Å². The minimum Gasteiger partial charge on any atom is -0.394 e. The van der Waals surface area contributed by atoms with Crippen molar-refractivity contribution in [2.45, 2.75) is 38.7 Å². The Morgan fingerprint density at radius 1 is 1.46 bits per heavy atom. The van der Waals surface area contributed by atoms with Crippen LogP contribution in [0.1, 0.15) is 32.6 Å². The highest BCUT2D eigenvalue weighted by Gasteiger charge is 2.00. The molecule has 0 aromatic rings. The van der Waals surface area contributed by atoms with Crippen molar-refractivity contribution >= 4 is 0 Å². The molecular formula is C10H21NO2. The number of hydrogen-bond acceptors (Lipinski definition) is 3. The van der Waals surface area contributed by atoms with E-state index in [4.69, 9.17) is 10.2 Å². The van der Waals surface area contributed by atoms with Gasteiger partial charge in [0, 0.05) is 12.2 Å². The van der Waals surface area contributed by atoms with Crippen molar-refractivity contribution in [1.82, 2.24) is 5.32 Å². The third kappa shape index (κ3) is 7.81. The maximum Gasteiger partial charge on any atom is 0.0770 e. The quantitative estimate of drug-likeness (QED) is 0.497. The molecule has 0 heterocycles. The van der Waals surface area contributed by atoms with Crippen molar-refractivity contribution < 1.29 is 10.2 Å². The van der Waals surface area contributed by atoms with Crippen LogP contribution in [0.5, 0.6) is 0 Å². The van der Waals surface area contributed by atoms with E-state index in [9.17, 15) is 0 Å². The maximum atomic E-state index is 9.02. The number of allylic oxidation sites excluding steroid dienone is 1. The Bertz CT molecular complexity index is 137. The molecule has 0 fully saturated rings. The van der Waals surface area contributed by atoms with Crippen molar-refractivity contribution in [3.8, 4) is 0 Å². The fourth-order valence-corrected chi connectivity index (χ4v) is 0.986. The van der Waals surface area contributed by atoms with Gasteiger partial charge in [0.15, 0.2) is 0 Å². The van der Waals surface area contributed by atoms with Crippen LogP contribution in [0.15, 0.2) is 12.3 Å². The SMILES string of the molecule is C=C(CC)NCCCC[C@H](O)CO. The molecule has 0 aliphatic heterocycles. The third-order valence-corrected chi connectivity index (χ3v) is 1.98. The van der Waals surface area contributed by atoms with Gasteiger partial charge in [0.2, 0.25) is 0 Å². The molecule has 3 nitrogen and oxygen atoms in total. The molecule has 3 heteroatoms. The van der Waals surface area contributed by atoms with Gasteiger partial charge in [0.05, 0.1) is 12.7 Å². The average molecular weight is 187 g/mol. The summed E-state index contributed by atoms with van der Waals surface area (Å²) in [6.07, 6.45) is 3.03. The molecule has 0 aliphatic carbocycles. The second-order valence-electron chi connectivity index (χ2n) is 3.22. The molecule has 0 aromatic carbocycles. The van der Waals surface area contributed by atoms with Gasteiger partial charge in [0.1, 0.15) is 0 Å². The van der Waals surface area contributed by atoms with E-state index in [2.05, 4.69) is 18.8 Å². The Morgan fingerprint density at radius 3 is 2.69 bits per heavy atom. The summed E-state index contributed by atoms with van der Waals surface area (Å²) in [4.78, 5) is 0. The van der Waals surface area contributed by atoms with Gasteiger partial charge < -0.3 is 15.5 Å². The van der Waals surface area contributed by atoms with E-state index in [1.54, 1.807) is 0 Å². The molecule has 0 spiro atoms. The Balaban J connectivity index is 3.12. The fourth-order valence-electron chi connectivity index (χ4n) is 0.986. The van der Waals surface area contributed by atoms with Gasteiger partial charge in [-0.1, -0.05) is 13.5 Å². The summed E-state index contributed by atoms with van der Waals surface area (Å²) in [5.74, 6) is 0. The van der Waals surface area contributed by atoms with Crippen molar-refractivity contribution in [3.63, 3.8) is 0 Å². The lowest BCUT2D eigenvalue weighted by Crippen LogP contribution is -2.15. The van der Waals surface area contributed by atoms with Crippen molar-refractivity contribution in [2.75, 3.05) is 13.2 Å². The zero-order valence-corrected chi connectivity index (χ0v) is 8.42. The Hall–Kier alpha value is -0.540. The van der Waals surface area contributed by atoms with Crippen molar-refractivity contribution in [1.29, 1.82) is 0 Å². The molecule has 0 radical (unpaired) electrons. The van der Waals surface area contributed by atoms with Crippen LogP contribution < -0.4 is 5.32 Å². The molecule has 13 heavy (non-hydrogen) atoms. The molecule has 0 rings (SSSR count). The lowest BCUT2D eigenvalue weighted by Gasteiger charge is -2.08. The summed E-state index contributed by atoms with van der Waals surface area (Å²) in [7, 11) is 0. The van der Waals surface area contributed by atoms with Crippen LogP contribution >= 0.6 is 0 Å². The number of nitrogens with one attached hydrogen (secondary N) is 1. The molecule has 78 valence electrons. The predicted octanol–water partition coefficient (Wildman–Crippen LogP) is 1.02. The standard InChI is InChI=1S/C10H21NO2/c1-3-9(2)11-7-5-4-6-10(13)8-12/h10-13H,2-8H2,1H3/t10-/m0/s1. The number of aliphatic hydroxyl groups excluding tert-OH is 2. The zero-order chi connectivity index (χ0) is 10.1. The lowest BCUT2D eigenvalue weighted by molar-refractivity contribution is 0.0862. The Morgan fingerprint density at radius 2 is 2.15 bits per heavy atom. The molecule has 0 saturated heterocycles. The highest BCUT2D eigenvalue weighted by atomic mass is 16.3. The van der Waals surface area contributed by atoms with E-state index in [-0.39, 0.29) is 6.61 Å². The molecule has 0 saturated carbocycles. The third-order valence-electron chi connectivity index (χ3n) is 1.98. The monoisotopic (exact) mass is 187 g/mol. The van der Waals surface area contributed by atoms with Gasteiger partial charge in [-0.2, -0.15) is 0 Å². The van der Waals surface area contributed by atoms with Crippen LogP contribution in [-0.2, 0) is 0 Å². The van der Waals surface area contributed by atoms with E-state index >= 15 is 0 Å². The first-order valence-corrected chi connectivity index (χ1v) is 4.91. The summed E-state index contributed by atoms with van der Waals surface area (Å²) in [6, 6.07) is 0. The molecule has 0 unspecified atom stereocenters. The molecule has 0 amide bonds. The number of unbranched alkanes of at least 4 members (excludes halogenated alkanes) is 1. The second kappa shape index (κ2) is 8.08. The summed E-state index contributed by atoms with van der Waals surface area (Å²) >= 11 is 0. The number of hydrogen-bond donors (Lipinski definition) is 3. The predicted molar refractivity (Wildman–Crippen MR) is 54.4 cm³/mol. The topological polar surface area (TPSA) is 52.5 Å². The summed E-state index contributed by atoms with van der Waals surface area (Å²) in [5, 5.41) is 20.7. The van der Waals surface area contributed by atoms with E-state index in [1.165, 1.54) is 0 Å². The van der Waals surface area contributed by atoms with Crippen LogP contribution in [-0.4, -0.2) is 29.5 Å². The maximum absolute atomic E-state index is 9.02. The average Bonchev–Trinajstić information content (AvgIpc) is 2.16. The highest BCUT2D eigenvalue weighted by molar-refractivity contribution is 4.88. The molecular weight excluding hydrogens is 166 g/mol. The molecule has 3 N–H and O–H groups in total. The number of aliphatic hydroxyl groups is 2. The Kier molecular flexibility index (Phi) is 7.74. The molecule has 0 aliphatic rings. The van der Waals surface area contributed by atoms with Gasteiger partial charge in [0.25, 0.3) is 0 Å². The van der Waals surface area contributed by atoms with Crippen LogP contribution in [0.2, 0.25) is 0 Å². The zero-order valence-electron chi connectivity index (χ0n) is 8.42. The smallest absolute Gasteiger partial charge is 0.0770 e. The van der Waals surface area contributed by atoms with Gasteiger partial charge in [-0.05, 0) is 25.7 Å². The minimum absolute atomic E-state index is 0.130. The fraction of sp³-hybridized carbons (Fsp3) is 0.800. The van der Waals surface area contributed by atoms with E-state index in [1.807, 2.05) is 0 Å². The Labute approximate surface area is 80.5 Å². The second-order valence-corrected chi connectivity index (χ2v) is 3.22. The first-order valence-electron chi connectivity index (χ1n) is 4.91. The summed E-state index contributed by atoms with van der Waals surface area (Å²) in [5.41, 5.74) is 1.06. The highest BCUT2D eigenvalue weighted by Crippen LogP contribution is 2.00. The van der Waals surface area contributed by atoms with Crippen LogP contribution in [0, 0.1) is 0 Å². The molecule has 0 aromatic heterocycles. The van der Waals surface area contributed by atoms with Crippen molar-refractivity contribution in [2.24, 2.45) is 0 Å². The minimum atomic E-state index is -0.547. The van der Waals surface area contributed by atoms with Gasteiger partial charge in [-0.25, -0.2) is 0 Å². The molecule has 1 atom stereocenters. The summed E-state index contributed by atoms with van der Waals surface area (Å²) in [6.45, 7) is 6.66. The van der Waals surface area contributed by atoms with Crippen LogP contribution in [0.3, 0.4) is 0 Å². The largest absolute Gasteiger partial charge is 0.394 e. The van der Waals surface area contributed by atoms with E-state index < -0.39 is 6.10 Å².